The number of nitrogens with zero attached hydrogens (tertiary/aromatic N) is 1. The van der Waals surface area contributed by atoms with Gasteiger partial charge < -0.3 is 5.11 Å². The zero-order chi connectivity index (χ0) is 14.3. The summed E-state index contributed by atoms with van der Waals surface area (Å²) in [5, 5.41) is 9.78. The number of fused-ring (bicyclic) bond motifs is 3. The fraction of sp³-hybridized carbons (Fsp3) is 0.333. The van der Waals surface area contributed by atoms with Crippen LogP contribution in [0, 0.1) is 6.92 Å². The van der Waals surface area contributed by atoms with E-state index in [2.05, 4.69) is 43.9 Å². The van der Waals surface area contributed by atoms with Crippen LogP contribution in [0.25, 0.3) is 11.1 Å². The van der Waals surface area contributed by atoms with Crippen LogP contribution >= 0.6 is 0 Å². The largest absolute Gasteiger partial charge is 0.508 e. The third-order valence-electron chi connectivity index (χ3n) is 4.12. The van der Waals surface area contributed by atoms with E-state index in [9.17, 15) is 5.11 Å². The molecule has 2 aromatic rings. The minimum atomic E-state index is 0.350. The van der Waals surface area contributed by atoms with Crippen molar-refractivity contribution in [3.05, 3.63) is 53.1 Å². The van der Waals surface area contributed by atoms with Gasteiger partial charge in [0.1, 0.15) is 5.75 Å². The van der Waals surface area contributed by atoms with Gasteiger partial charge in [0.2, 0.25) is 0 Å². The molecule has 20 heavy (non-hydrogen) atoms. The molecule has 0 spiro atoms. The van der Waals surface area contributed by atoms with Crippen LogP contribution in [0.3, 0.4) is 0 Å². The van der Waals surface area contributed by atoms with Crippen molar-refractivity contribution < 1.29 is 5.11 Å². The smallest absolute Gasteiger partial charge is 0.115 e. The van der Waals surface area contributed by atoms with E-state index >= 15 is 0 Å². The predicted octanol–water partition coefficient (Wildman–Crippen LogP) is 4.09. The molecule has 0 atom stereocenters. The molecule has 1 N–H and O–H groups in total. The standard InChI is InChI=1S/C18H21NO/c1-12(2)19-10-14-8-13(3)4-6-17(14)18-7-5-16(20)9-15(18)11-19/h4-9,12,20H,10-11H2,1-3H3. The van der Waals surface area contributed by atoms with Crippen LogP contribution in [-0.4, -0.2) is 16.0 Å². The third kappa shape index (κ3) is 2.32. The summed E-state index contributed by atoms with van der Waals surface area (Å²) < 4.78 is 0. The molecule has 0 aromatic heterocycles. The number of hydrogen-bond donors (Lipinski definition) is 1. The average Bonchev–Trinajstić information content (AvgIpc) is 2.54. The van der Waals surface area contributed by atoms with Gasteiger partial charge in [0.25, 0.3) is 0 Å². The van der Waals surface area contributed by atoms with E-state index in [-0.39, 0.29) is 0 Å². The highest BCUT2D eigenvalue weighted by atomic mass is 16.3. The zero-order valence-electron chi connectivity index (χ0n) is 12.4. The number of aryl methyl sites for hydroxylation is 1. The molecule has 0 unspecified atom stereocenters. The molecule has 0 amide bonds. The van der Waals surface area contributed by atoms with Gasteiger partial charge >= 0.3 is 0 Å². The summed E-state index contributed by atoms with van der Waals surface area (Å²) in [6.45, 7) is 8.44. The van der Waals surface area contributed by atoms with Crippen LogP contribution < -0.4 is 0 Å². The summed E-state index contributed by atoms with van der Waals surface area (Å²) in [6.07, 6.45) is 0. The number of aromatic hydroxyl groups is 1. The maximum Gasteiger partial charge on any atom is 0.115 e. The summed E-state index contributed by atoms with van der Waals surface area (Å²) >= 11 is 0. The van der Waals surface area contributed by atoms with Crippen molar-refractivity contribution in [2.45, 2.75) is 39.9 Å². The topological polar surface area (TPSA) is 23.5 Å². The van der Waals surface area contributed by atoms with Crippen LogP contribution in [0.1, 0.15) is 30.5 Å². The molecule has 0 saturated carbocycles. The van der Waals surface area contributed by atoms with Crippen LogP contribution in [0.2, 0.25) is 0 Å². The molecular weight excluding hydrogens is 246 g/mol. The zero-order valence-corrected chi connectivity index (χ0v) is 12.4. The SMILES string of the molecule is Cc1ccc2c(c1)CN(C(C)C)Cc1cc(O)ccc1-2. The molecule has 104 valence electrons. The molecule has 2 heteroatoms. The van der Waals surface area contributed by atoms with Gasteiger partial charge in [0.05, 0.1) is 0 Å². The lowest BCUT2D eigenvalue weighted by Crippen LogP contribution is -2.29. The number of hydrogen-bond acceptors (Lipinski definition) is 2. The molecule has 2 nitrogen and oxygen atoms in total. The Balaban J connectivity index is 2.21. The van der Waals surface area contributed by atoms with Crippen molar-refractivity contribution in [2.75, 3.05) is 0 Å². The van der Waals surface area contributed by atoms with Crippen LogP contribution in [-0.2, 0) is 13.1 Å². The Morgan fingerprint density at radius 1 is 0.950 bits per heavy atom. The van der Waals surface area contributed by atoms with Gasteiger partial charge in [-0.05, 0) is 55.2 Å². The van der Waals surface area contributed by atoms with Gasteiger partial charge in [-0.15, -0.1) is 0 Å². The van der Waals surface area contributed by atoms with Crippen LogP contribution in [0.5, 0.6) is 5.75 Å². The quantitative estimate of drug-likeness (QED) is 0.841. The average molecular weight is 267 g/mol. The summed E-state index contributed by atoms with van der Waals surface area (Å²) in [4.78, 5) is 2.45. The van der Waals surface area contributed by atoms with Crippen LogP contribution in [0.15, 0.2) is 36.4 Å². The molecule has 0 bridgehead atoms. The van der Waals surface area contributed by atoms with E-state index in [1.807, 2.05) is 12.1 Å². The van der Waals surface area contributed by atoms with E-state index in [0.29, 0.717) is 11.8 Å². The Labute approximate surface area is 120 Å². The first-order valence-electron chi connectivity index (χ1n) is 7.20. The lowest BCUT2D eigenvalue weighted by molar-refractivity contribution is 0.206. The Hall–Kier alpha value is -1.80. The highest BCUT2D eigenvalue weighted by molar-refractivity contribution is 5.72. The molecule has 2 aromatic carbocycles. The van der Waals surface area contributed by atoms with Gasteiger partial charge in [0.15, 0.2) is 0 Å². The first kappa shape index (κ1) is 13.2. The highest BCUT2D eigenvalue weighted by Gasteiger charge is 2.21. The molecule has 1 heterocycles. The lowest BCUT2D eigenvalue weighted by atomic mass is 9.95. The summed E-state index contributed by atoms with van der Waals surface area (Å²) in [5.41, 5.74) is 6.44. The molecule has 0 radical (unpaired) electrons. The minimum Gasteiger partial charge on any atom is -0.508 e. The fourth-order valence-corrected chi connectivity index (χ4v) is 2.95. The maximum atomic E-state index is 9.78. The van der Waals surface area contributed by atoms with E-state index in [1.165, 1.54) is 27.8 Å². The second kappa shape index (κ2) is 4.95. The monoisotopic (exact) mass is 267 g/mol. The van der Waals surface area contributed by atoms with E-state index in [4.69, 9.17) is 0 Å². The fourth-order valence-electron chi connectivity index (χ4n) is 2.95. The van der Waals surface area contributed by atoms with Crippen molar-refractivity contribution in [2.24, 2.45) is 0 Å². The van der Waals surface area contributed by atoms with Gasteiger partial charge in [-0.2, -0.15) is 0 Å². The molecule has 0 saturated heterocycles. The van der Waals surface area contributed by atoms with Crippen molar-refractivity contribution in [1.29, 1.82) is 0 Å². The maximum absolute atomic E-state index is 9.78. The Morgan fingerprint density at radius 2 is 1.55 bits per heavy atom. The van der Waals surface area contributed by atoms with Gasteiger partial charge in [-0.1, -0.05) is 29.8 Å². The van der Waals surface area contributed by atoms with Crippen molar-refractivity contribution in [1.82, 2.24) is 4.90 Å². The number of benzene rings is 2. The van der Waals surface area contributed by atoms with Crippen molar-refractivity contribution in [3.63, 3.8) is 0 Å². The predicted molar refractivity (Wildman–Crippen MR) is 82.7 cm³/mol. The molecular formula is C18H21NO. The number of phenols is 1. The van der Waals surface area contributed by atoms with Gasteiger partial charge in [-0.25, -0.2) is 0 Å². The van der Waals surface area contributed by atoms with Gasteiger partial charge in [-0.3, -0.25) is 4.90 Å². The Kier molecular flexibility index (Phi) is 3.27. The molecule has 0 fully saturated rings. The molecule has 1 aliphatic heterocycles. The number of rotatable bonds is 1. The van der Waals surface area contributed by atoms with E-state index in [0.717, 1.165) is 13.1 Å². The Morgan fingerprint density at radius 3 is 2.20 bits per heavy atom. The van der Waals surface area contributed by atoms with Crippen LogP contribution in [0.4, 0.5) is 0 Å². The first-order chi connectivity index (χ1) is 9.54. The normalized spacial score (nSPS) is 14.8. The lowest BCUT2D eigenvalue weighted by Gasteiger charge is -2.25. The highest BCUT2D eigenvalue weighted by Crippen LogP contribution is 2.35. The summed E-state index contributed by atoms with van der Waals surface area (Å²) in [5.74, 6) is 0.350. The van der Waals surface area contributed by atoms with Gasteiger partial charge in [0, 0.05) is 19.1 Å². The minimum absolute atomic E-state index is 0.350. The second-order valence-corrected chi connectivity index (χ2v) is 6.00. The first-order valence-corrected chi connectivity index (χ1v) is 7.20. The molecule has 0 aliphatic carbocycles. The summed E-state index contributed by atoms with van der Waals surface area (Å²) in [7, 11) is 0. The van der Waals surface area contributed by atoms with Crippen molar-refractivity contribution >= 4 is 0 Å². The molecule has 1 aliphatic rings. The van der Waals surface area contributed by atoms with E-state index < -0.39 is 0 Å². The molecule has 3 rings (SSSR count). The van der Waals surface area contributed by atoms with Crippen molar-refractivity contribution in [3.8, 4) is 16.9 Å². The third-order valence-corrected chi connectivity index (χ3v) is 4.12. The van der Waals surface area contributed by atoms with E-state index in [1.54, 1.807) is 6.07 Å². The second-order valence-electron chi connectivity index (χ2n) is 6.00. The summed E-state index contributed by atoms with van der Waals surface area (Å²) in [6, 6.07) is 12.9. The Bertz CT molecular complexity index is 592. The number of phenolic OH excluding ortho intramolecular Hbond substituents is 1.